The van der Waals surface area contributed by atoms with Gasteiger partial charge in [0.05, 0.1) is 85.1 Å². The Labute approximate surface area is 599 Å². The molecule has 103 heavy (non-hydrogen) atoms. The summed E-state index contributed by atoms with van der Waals surface area (Å²) >= 11 is 0. The highest BCUT2D eigenvalue weighted by molar-refractivity contribution is 5.99. The van der Waals surface area contributed by atoms with Crippen molar-refractivity contribution in [2.24, 2.45) is 0 Å². The fraction of sp³-hybridized carbons (Fsp3) is 0.302. The van der Waals surface area contributed by atoms with E-state index in [1.807, 2.05) is 71.0 Å². The lowest BCUT2D eigenvalue weighted by Gasteiger charge is -2.50. The summed E-state index contributed by atoms with van der Waals surface area (Å²) in [5.41, 5.74) is 24.3. The van der Waals surface area contributed by atoms with Crippen LogP contribution in [0.25, 0.3) is 77.8 Å². The number of fused-ring (bicyclic) bond motifs is 23. The summed E-state index contributed by atoms with van der Waals surface area (Å²) in [7, 11) is 5.58. The second kappa shape index (κ2) is 27.1. The molecular formula is C86H86N8O9. The molecule has 3 unspecified atom stereocenters. The molecule has 6 atom stereocenters. The van der Waals surface area contributed by atoms with E-state index >= 15 is 0 Å². The Balaban J connectivity index is 1.09. The third kappa shape index (κ3) is 11.7. The molecule has 17 nitrogen and oxygen atoms in total. The number of aryl methyl sites for hydroxylation is 4. The summed E-state index contributed by atoms with van der Waals surface area (Å²) < 4.78 is 20.8. The minimum atomic E-state index is -1.77. The number of aromatic amines is 4. The number of hydrogen-bond donors (Lipinski definition) is 5. The SMILES string of the molecule is C=CC1=C(C)c2cc3[nH]c(cc4nc(cc5[nH]c(cc1n2)C(C)C5/C=C1\[C@@H]2c5ccccc5-c5ccccc5[C@H]2C=CC12c1cc5nc(cc6[nH]c(cc7nc(cc([nH]1)[C@@]2(C)O)C(C=C)=C7C)c(C)c6CCC(=O)OC)C(CCC(=O)OC)=C5C)C(C)=C4CCC(=O)OC)c(CCC(=O)OC)c3C. The van der Waals surface area contributed by atoms with Crippen molar-refractivity contribution in [1.82, 2.24) is 39.9 Å². The Morgan fingerprint density at radius 1 is 0.505 bits per heavy atom. The third-order valence-electron chi connectivity index (χ3n) is 22.8. The fourth-order valence-corrected chi connectivity index (χ4v) is 16.8. The number of benzene rings is 2. The van der Waals surface area contributed by atoms with E-state index in [9.17, 15) is 24.3 Å². The standard InChI is InChI=1S/C86H86N8O9/c1-15-51-44(3)64-36-66-46(5)53(25-29-80(95)100-11)72(88-66)40-74-55(27-31-82(97)102-13)48(7)68(90-74)39-76-62(50(9)69(91-76)38-71(51)87-64)35-63-84-60-24-20-19-22-58(60)57-21-17-18-23-59(57)61(84)33-34-86(63)79-42-70-49(8)56(28-32-83(98)103-14)75(93-70)41-73-54(26-30-81(96)101-12)47(6)67(89-73)37-65-45(4)52(16-2)77(92-65)43-78(94-79)85(86,10)99/h15-24,33-43,50,61-62,84,88-89,91,94,99H,1-2,25-32H2,3-14H3/b63-35+,64-36?,65-37?,69-38?,74-40?,75-41?,76-39?,78-43?,79-42?/t50?,61-,62?,84-,85-,86?/m1/s1. The molecule has 524 valence electrons. The number of allylic oxidation sites excluding steroid dienone is 12. The van der Waals surface area contributed by atoms with Gasteiger partial charge in [-0.3, -0.25) is 19.2 Å². The van der Waals surface area contributed by atoms with Crippen molar-refractivity contribution >= 4 is 90.5 Å². The largest absolute Gasteiger partial charge is 0.469 e. The number of nitrogens with one attached hydrogen (secondary N) is 4. The number of aromatic nitrogens is 8. The summed E-state index contributed by atoms with van der Waals surface area (Å²) in [5.74, 6) is -2.68. The predicted octanol–water partition coefficient (Wildman–Crippen LogP) is 17.0. The number of carbonyl (C=O) groups is 4. The molecular weight excluding hydrogens is 1290 g/mol. The quantitative estimate of drug-likeness (QED) is 0.0366. The Kier molecular flexibility index (Phi) is 18.1. The molecule has 14 rings (SSSR count). The molecule has 6 aromatic rings. The van der Waals surface area contributed by atoms with Crippen LogP contribution in [0.3, 0.4) is 0 Å². The molecule has 0 saturated carbocycles. The molecule has 2 aliphatic carbocycles. The summed E-state index contributed by atoms with van der Waals surface area (Å²) in [6.45, 7) is 25.1. The zero-order chi connectivity index (χ0) is 72.7. The Morgan fingerprint density at radius 2 is 0.932 bits per heavy atom. The van der Waals surface area contributed by atoms with Gasteiger partial charge in [-0.15, -0.1) is 0 Å². The second-order valence-corrected chi connectivity index (χ2v) is 28.1. The van der Waals surface area contributed by atoms with E-state index in [0.717, 1.165) is 140 Å². The van der Waals surface area contributed by atoms with Crippen molar-refractivity contribution in [2.75, 3.05) is 28.4 Å². The molecule has 4 aromatic heterocycles. The molecule has 0 radical (unpaired) electrons. The van der Waals surface area contributed by atoms with Gasteiger partial charge in [0.15, 0.2) is 0 Å². The molecule has 6 aliphatic heterocycles. The molecule has 5 N–H and O–H groups in total. The molecule has 17 heteroatoms. The maximum Gasteiger partial charge on any atom is 0.305 e. The monoisotopic (exact) mass is 1370 g/mol. The summed E-state index contributed by atoms with van der Waals surface area (Å²) in [5, 5.41) is 14.8. The normalized spacial score (nSPS) is 20.5. The van der Waals surface area contributed by atoms with E-state index in [1.165, 1.54) is 28.4 Å². The van der Waals surface area contributed by atoms with E-state index in [2.05, 4.69) is 145 Å². The minimum Gasteiger partial charge on any atom is -0.469 e. The van der Waals surface area contributed by atoms with Crippen molar-refractivity contribution in [3.05, 3.63) is 248 Å². The number of methoxy groups -OCH3 is 4. The summed E-state index contributed by atoms with van der Waals surface area (Å²) in [4.78, 5) is 89.3. The van der Waals surface area contributed by atoms with Gasteiger partial charge >= 0.3 is 23.9 Å². The molecule has 0 saturated heterocycles. The van der Waals surface area contributed by atoms with Gasteiger partial charge in [-0.25, -0.2) is 19.9 Å². The molecule has 10 heterocycles. The number of aliphatic hydroxyl groups is 1. The topological polar surface area (TPSA) is 240 Å². The van der Waals surface area contributed by atoms with Gasteiger partial charge in [0.25, 0.3) is 0 Å². The average Bonchev–Trinajstić information content (AvgIpc) is 1.61. The molecule has 0 amide bonds. The van der Waals surface area contributed by atoms with Gasteiger partial charge in [0.2, 0.25) is 0 Å². The second-order valence-electron chi connectivity index (χ2n) is 28.1. The van der Waals surface area contributed by atoms with E-state index in [-0.39, 0.29) is 67.3 Å². The average molecular weight is 1380 g/mol. The maximum absolute atomic E-state index is 14.8. The third-order valence-corrected chi connectivity index (χ3v) is 22.8. The Bertz CT molecular complexity index is 5340. The van der Waals surface area contributed by atoms with Gasteiger partial charge in [0, 0.05) is 99.6 Å². The van der Waals surface area contributed by atoms with E-state index < -0.39 is 16.9 Å². The van der Waals surface area contributed by atoms with Crippen molar-refractivity contribution in [2.45, 2.75) is 141 Å². The zero-order valence-electron chi connectivity index (χ0n) is 60.5. The van der Waals surface area contributed by atoms with Crippen molar-refractivity contribution in [3.8, 4) is 11.1 Å². The first kappa shape index (κ1) is 69.1. The summed E-state index contributed by atoms with van der Waals surface area (Å²) in [6, 6.07) is 33.7. The van der Waals surface area contributed by atoms with Gasteiger partial charge in [-0.2, -0.15) is 0 Å². The van der Waals surface area contributed by atoms with Crippen LogP contribution in [0, 0.1) is 13.8 Å². The van der Waals surface area contributed by atoms with Crippen molar-refractivity contribution in [3.63, 3.8) is 0 Å². The first-order valence-corrected chi connectivity index (χ1v) is 35.3. The number of carbonyl (C=O) groups excluding carboxylic acids is 4. The van der Waals surface area contributed by atoms with Crippen LogP contribution in [0.15, 0.2) is 146 Å². The lowest BCUT2D eigenvalue weighted by atomic mass is 9.53. The van der Waals surface area contributed by atoms with E-state index in [1.54, 1.807) is 0 Å². The number of H-pyrrole nitrogens is 4. The number of nitrogens with zero attached hydrogens (tertiary/aromatic N) is 4. The highest BCUT2D eigenvalue weighted by Gasteiger charge is 2.60. The number of ether oxygens (including phenoxy) is 4. The van der Waals surface area contributed by atoms with Gasteiger partial charge in [-0.05, 0) is 206 Å². The lowest BCUT2D eigenvalue weighted by molar-refractivity contribution is -0.141. The van der Waals surface area contributed by atoms with Crippen LogP contribution in [-0.2, 0) is 62.0 Å². The first-order valence-electron chi connectivity index (χ1n) is 35.3. The number of esters is 4. The minimum absolute atomic E-state index is 0.0909. The molecule has 8 aliphatic rings. The van der Waals surface area contributed by atoms with Crippen LogP contribution in [0.1, 0.15) is 205 Å². The van der Waals surface area contributed by atoms with Crippen LogP contribution in [0.5, 0.6) is 0 Å². The van der Waals surface area contributed by atoms with Crippen LogP contribution >= 0.6 is 0 Å². The Morgan fingerprint density at radius 3 is 1.45 bits per heavy atom. The summed E-state index contributed by atoms with van der Waals surface area (Å²) in [6.07, 6.45) is 12.5. The zero-order valence-corrected chi connectivity index (χ0v) is 60.5. The van der Waals surface area contributed by atoms with Crippen LogP contribution < -0.4 is 0 Å². The molecule has 2 aromatic carbocycles. The lowest BCUT2D eigenvalue weighted by Crippen LogP contribution is -2.48. The molecule has 0 fully saturated rings. The van der Waals surface area contributed by atoms with Crippen molar-refractivity contribution in [1.29, 1.82) is 0 Å². The fourth-order valence-electron chi connectivity index (χ4n) is 16.8. The predicted molar refractivity (Wildman–Crippen MR) is 405 cm³/mol. The van der Waals surface area contributed by atoms with Gasteiger partial charge in [-0.1, -0.05) is 99.0 Å². The number of rotatable bonds is 15. The van der Waals surface area contributed by atoms with E-state index in [0.29, 0.717) is 71.2 Å². The maximum atomic E-state index is 14.8. The van der Waals surface area contributed by atoms with Gasteiger partial charge < -0.3 is 44.0 Å². The van der Waals surface area contributed by atoms with Crippen molar-refractivity contribution < 1.29 is 43.2 Å². The van der Waals surface area contributed by atoms with Gasteiger partial charge in [0.1, 0.15) is 5.60 Å². The number of hydrogen-bond acceptors (Lipinski definition) is 13. The molecule has 1 spiro atoms. The Hall–Kier alpha value is -11.0. The van der Waals surface area contributed by atoms with E-state index in [4.69, 9.17) is 38.9 Å². The first-order chi connectivity index (χ1) is 49.5. The highest BCUT2D eigenvalue weighted by Crippen LogP contribution is 2.64. The van der Waals surface area contributed by atoms with Crippen LogP contribution in [0.2, 0.25) is 0 Å². The van der Waals surface area contributed by atoms with Crippen LogP contribution in [0.4, 0.5) is 0 Å². The molecule has 16 bridgehead atoms. The smallest absolute Gasteiger partial charge is 0.305 e. The van der Waals surface area contributed by atoms with Crippen LogP contribution in [-0.4, -0.2) is 97.3 Å². The highest BCUT2D eigenvalue weighted by atomic mass is 16.5.